The Labute approximate surface area is 738 Å². The van der Waals surface area contributed by atoms with Crippen molar-refractivity contribution in [3.05, 3.63) is 423 Å². The Morgan fingerprint density at radius 2 is 0.426 bits per heavy atom. The first-order valence-corrected chi connectivity index (χ1v) is 43.8. The normalized spacial score (nSPS) is 12.0. The van der Waals surface area contributed by atoms with Crippen molar-refractivity contribution in [2.75, 3.05) is 0 Å². The van der Waals surface area contributed by atoms with Gasteiger partial charge >= 0.3 is 0 Å². The first-order chi connectivity index (χ1) is 63.8. The van der Waals surface area contributed by atoms with E-state index in [-0.39, 0.29) is 0 Å². The molecule has 0 atom stereocenters. The fourth-order valence-corrected chi connectivity index (χ4v) is 22.3. The number of para-hydroxylation sites is 3. The lowest BCUT2D eigenvalue weighted by atomic mass is 9.88. The maximum Gasteiger partial charge on any atom is 0.0998 e. The van der Waals surface area contributed by atoms with E-state index in [0.29, 0.717) is 16.7 Å². The first kappa shape index (κ1) is 71.7. The van der Waals surface area contributed by atoms with Gasteiger partial charge in [0.25, 0.3) is 0 Å². The van der Waals surface area contributed by atoms with Crippen LogP contribution in [0, 0.1) is 34.0 Å². The van der Waals surface area contributed by atoms with Crippen molar-refractivity contribution < 1.29 is 0 Å². The van der Waals surface area contributed by atoms with Gasteiger partial charge in [-0.05, 0) is 321 Å². The van der Waals surface area contributed by atoms with Crippen LogP contribution in [0.2, 0.25) is 0 Å². The van der Waals surface area contributed by atoms with Gasteiger partial charge in [0.15, 0.2) is 0 Å². The van der Waals surface area contributed by atoms with E-state index in [1.807, 2.05) is 48.8 Å². The zero-order valence-electron chi connectivity index (χ0n) is 69.3. The maximum atomic E-state index is 9.97. The van der Waals surface area contributed by atoms with Gasteiger partial charge in [0.2, 0.25) is 0 Å². The maximum absolute atomic E-state index is 9.97. The van der Waals surface area contributed by atoms with Crippen LogP contribution in [0.5, 0.6) is 0 Å². The van der Waals surface area contributed by atoms with Crippen molar-refractivity contribution in [3.63, 3.8) is 0 Å². The predicted molar refractivity (Wildman–Crippen MR) is 539 cm³/mol. The average Bonchev–Trinajstić information content (AvgIpc) is 1.55. The molecule has 7 heteroatoms. The molecular weight excluding hydrogens is 1560 g/mol. The van der Waals surface area contributed by atoms with E-state index in [1.54, 1.807) is 0 Å². The molecule has 0 aliphatic rings. The third-order valence-corrected chi connectivity index (χ3v) is 27.8. The Bertz CT molecular complexity index is 9240. The van der Waals surface area contributed by atoms with Gasteiger partial charge in [0.1, 0.15) is 0 Å². The number of nitrogens with zero attached hydrogens (tertiary/aromatic N) is 7. The van der Waals surface area contributed by atoms with Gasteiger partial charge in [-0.3, -0.25) is 4.98 Å². The molecule has 0 aliphatic carbocycles. The van der Waals surface area contributed by atoms with Crippen molar-refractivity contribution in [2.45, 2.75) is 0 Å². The van der Waals surface area contributed by atoms with Crippen LogP contribution in [-0.4, -0.2) is 18.7 Å². The molecule has 0 fully saturated rings. The molecule has 0 radical (unpaired) electrons. The van der Waals surface area contributed by atoms with Crippen LogP contribution in [-0.2, 0) is 0 Å². The van der Waals surface area contributed by atoms with Gasteiger partial charge in [-0.15, -0.1) is 0 Å². The van der Waals surface area contributed by atoms with Crippen molar-refractivity contribution >= 4 is 195 Å². The molecule has 0 saturated carbocycles. The molecule has 590 valence electrons. The van der Waals surface area contributed by atoms with E-state index in [4.69, 9.17) is 0 Å². The molecule has 0 bridgehead atoms. The number of hydrogen-bond acceptors (Lipinski definition) is 4. The van der Waals surface area contributed by atoms with Crippen LogP contribution in [0.15, 0.2) is 407 Å². The van der Waals surface area contributed by atoms with Gasteiger partial charge in [-0.25, -0.2) is 0 Å². The summed E-state index contributed by atoms with van der Waals surface area (Å²) < 4.78 is 6.99. The monoisotopic (exact) mass is 1630 g/mol. The van der Waals surface area contributed by atoms with Gasteiger partial charge in [-0.2, -0.15) is 15.8 Å². The van der Waals surface area contributed by atoms with Crippen molar-refractivity contribution in [2.24, 2.45) is 0 Å². The first-order valence-electron chi connectivity index (χ1n) is 43.8. The lowest BCUT2D eigenvalue weighted by molar-refractivity contribution is 1.18. The molecule has 0 spiro atoms. The summed E-state index contributed by atoms with van der Waals surface area (Å²) in [4.78, 5) is 4.34. The third kappa shape index (κ3) is 10.6. The van der Waals surface area contributed by atoms with Crippen LogP contribution >= 0.6 is 0 Å². The highest BCUT2D eigenvalue weighted by atomic mass is 15.0. The topological polar surface area (TPSA) is 99.1 Å². The summed E-state index contributed by atoms with van der Waals surface area (Å²) >= 11 is 0. The molecule has 29 aromatic rings. The Morgan fingerprint density at radius 1 is 0.178 bits per heavy atom. The highest BCUT2D eigenvalue weighted by Crippen LogP contribution is 2.51. The molecule has 0 saturated heterocycles. The average molecular weight is 1630 g/mol. The quantitative estimate of drug-likeness (QED) is 0.142. The Morgan fingerprint density at radius 3 is 0.721 bits per heavy atom. The van der Waals surface area contributed by atoms with E-state index in [2.05, 4.69) is 395 Å². The second-order valence-electron chi connectivity index (χ2n) is 34.4. The predicted octanol–water partition coefficient (Wildman–Crippen LogP) is 32.2. The largest absolute Gasteiger partial charge is 0.309 e. The molecule has 29 rings (SSSR count). The fraction of sp³-hybridized carbons (Fsp3) is 0. The number of pyridine rings is 1. The Balaban J connectivity index is 0.000000100. The van der Waals surface area contributed by atoms with Crippen LogP contribution in [0.4, 0.5) is 0 Å². The lowest BCUT2D eigenvalue weighted by Gasteiger charge is -2.15. The number of benzene rings is 25. The van der Waals surface area contributed by atoms with E-state index in [0.717, 1.165) is 88.0 Å². The van der Waals surface area contributed by atoms with E-state index in [9.17, 15) is 15.8 Å². The van der Waals surface area contributed by atoms with E-state index >= 15 is 0 Å². The summed E-state index contributed by atoms with van der Waals surface area (Å²) in [5.41, 5.74) is 24.3. The molecule has 25 aromatic carbocycles. The molecule has 4 aromatic heterocycles. The molecule has 7 nitrogen and oxygen atoms in total. The van der Waals surface area contributed by atoms with Crippen LogP contribution < -0.4 is 0 Å². The Kier molecular flexibility index (Phi) is 15.3. The van der Waals surface area contributed by atoms with Crippen LogP contribution in [0.1, 0.15) is 16.7 Å². The van der Waals surface area contributed by atoms with Gasteiger partial charge in [-0.1, -0.05) is 237 Å². The van der Waals surface area contributed by atoms with Gasteiger partial charge in [0, 0.05) is 83.5 Å². The van der Waals surface area contributed by atoms with Crippen molar-refractivity contribution in [1.82, 2.24) is 18.7 Å². The summed E-state index contributed by atoms with van der Waals surface area (Å²) in [5.74, 6) is 0. The molecule has 4 heterocycles. The minimum Gasteiger partial charge on any atom is -0.309 e. The number of aromatic nitrogens is 4. The zero-order valence-corrected chi connectivity index (χ0v) is 69.3. The Hall–Kier alpha value is -17.8. The third-order valence-electron chi connectivity index (χ3n) is 27.8. The van der Waals surface area contributed by atoms with E-state index < -0.39 is 0 Å². The zero-order chi connectivity index (χ0) is 85.0. The molecule has 0 amide bonds. The second-order valence-corrected chi connectivity index (χ2v) is 34.4. The molecule has 0 aliphatic heterocycles. The summed E-state index contributed by atoms with van der Waals surface area (Å²) in [7, 11) is 0. The minimum absolute atomic E-state index is 0.705. The minimum atomic E-state index is 0.705. The summed E-state index contributed by atoms with van der Waals surface area (Å²) in [6.45, 7) is 0. The number of hydrogen-bond donors (Lipinski definition) is 0. The van der Waals surface area contributed by atoms with Crippen molar-refractivity contribution in [3.8, 4) is 90.9 Å². The van der Waals surface area contributed by atoms with Gasteiger partial charge < -0.3 is 13.7 Å². The lowest BCUT2D eigenvalue weighted by Crippen LogP contribution is -1.93. The highest BCUT2D eigenvalue weighted by molar-refractivity contribution is 6.34. The highest BCUT2D eigenvalue weighted by Gasteiger charge is 2.27. The van der Waals surface area contributed by atoms with Crippen molar-refractivity contribution in [1.29, 1.82) is 15.8 Å². The molecule has 0 unspecified atom stereocenters. The summed E-state index contributed by atoms with van der Waals surface area (Å²) in [6.07, 6.45) is 3.75. The smallest absolute Gasteiger partial charge is 0.0998 e. The summed E-state index contributed by atoms with van der Waals surface area (Å²) in [5, 5.41) is 66.6. The second kappa shape index (κ2) is 27.6. The molecular formula is C122H67N7. The molecule has 0 N–H and O–H groups in total. The summed E-state index contributed by atoms with van der Waals surface area (Å²) in [6, 6.07) is 149. The van der Waals surface area contributed by atoms with Gasteiger partial charge in [0.05, 0.1) is 68.0 Å². The SMILES string of the molecule is N#Cc1ccc2c3c1ccc1c(-c4cc5ccc6cc(-c7ccccc7)cc7ccc(c4)c5c67)ccc(c13)n2-c1ccccc1.N#Cc1ccc2c3c1ccc1c(-c4cc5ccc6cc(-c7cccnc7)cc7ccc(c4)c5c67)ccc(c13)n2-c1ccccc1.N#Cc1ccc2c3c1ccc1c(-c4cc5ccc6cccc7ccc(c4)c5c67)ccc(c13)n2-c1ccccc1. The van der Waals surface area contributed by atoms with Crippen LogP contribution in [0.3, 0.4) is 0 Å². The van der Waals surface area contributed by atoms with Crippen LogP contribution in [0.25, 0.3) is 267 Å². The molecule has 129 heavy (non-hydrogen) atoms. The number of rotatable bonds is 8. The standard InChI is InChI=1S/C43H24N2.C42H23N3.C37H20N2/c44-25-31-15-19-38-42-36(31)16-17-37-35(18-20-39(43(37)42)45(38)34-9-5-2-6-10-34)33-23-29-13-11-27-21-32(26-7-3-1-4-8-26)22-28-12-14-30(24-33)41(29)40(27)28;43-23-29-12-16-37-41-35(29)13-14-36-34(15-17-38(42(36)41)45(37)33-6-2-1-3-7-33)32-21-27-10-8-25-19-31(30-5-4-18-44-24-30)20-26-9-11-28(22-32)40(27)39(25)26;38-21-26-13-17-32-36-30(26)14-15-31-29(16-18-33(37(31)36)39(32)28-7-2-1-3-8-28)27-19-24-11-9-22-5-4-6-23-10-12-25(20-27)35(24)34(22)23/h1-24H;1-22,24H;1-20H. The number of nitriles is 3. The fourth-order valence-electron chi connectivity index (χ4n) is 22.3. The van der Waals surface area contributed by atoms with E-state index in [1.165, 1.54) is 179 Å².